The first-order valence-electron chi connectivity index (χ1n) is 6.05. The summed E-state index contributed by atoms with van der Waals surface area (Å²) in [6.07, 6.45) is 1.28. The van der Waals surface area contributed by atoms with Gasteiger partial charge in [0.2, 0.25) is 5.78 Å². The number of aliphatic imine (C=N–C) groups is 4. The molecule has 1 atom stereocenters. The van der Waals surface area contributed by atoms with Gasteiger partial charge in [0.25, 0.3) is 5.12 Å². The van der Waals surface area contributed by atoms with Crippen molar-refractivity contribution in [2.45, 2.75) is 5.12 Å². The molecule has 2 N–H and O–H groups in total. The highest BCUT2D eigenvalue weighted by Crippen LogP contribution is 2.26. The summed E-state index contributed by atoms with van der Waals surface area (Å²) in [4.78, 5) is 27.9. The van der Waals surface area contributed by atoms with Gasteiger partial charge in [0.05, 0.1) is 0 Å². The average molecular weight is 304 g/mol. The second kappa shape index (κ2) is 5.10. The smallest absolute Gasteiger partial charge is 0.293 e. The molecule has 2 heterocycles. The minimum Gasteiger partial charge on any atom is -0.486 e. The molecular weight excluding hydrogens is 294 g/mol. The monoisotopic (exact) mass is 303 g/mol. The maximum absolute atomic E-state index is 12.2. The predicted molar refractivity (Wildman–Crippen MR) is 80.5 cm³/mol. The van der Waals surface area contributed by atoms with E-state index in [4.69, 9.17) is 22.1 Å². The first kappa shape index (κ1) is 13.4. The van der Waals surface area contributed by atoms with Gasteiger partial charge in [0.1, 0.15) is 12.1 Å². The number of ketones is 1. The highest BCUT2D eigenvalue weighted by molar-refractivity contribution is 6.71. The van der Waals surface area contributed by atoms with Crippen LogP contribution in [0.15, 0.2) is 50.3 Å². The summed E-state index contributed by atoms with van der Waals surface area (Å²) in [6.45, 7) is -0.280. The number of Topliss-reactive ketones (excluding diaryl/α,β-unsaturated/α-hetero) is 1. The third-order valence-corrected chi connectivity index (χ3v) is 3.19. The van der Waals surface area contributed by atoms with Gasteiger partial charge in [0, 0.05) is 0 Å². The number of nitrogens with zero attached hydrogens (tertiary/aromatic N) is 4. The number of fused-ring (bicyclic) bond motifs is 1. The van der Waals surface area contributed by atoms with Crippen molar-refractivity contribution >= 4 is 41.1 Å². The number of halogens is 1. The summed E-state index contributed by atoms with van der Waals surface area (Å²) in [7, 11) is 0. The van der Waals surface area contributed by atoms with Crippen molar-refractivity contribution in [2.75, 3.05) is 6.61 Å². The van der Waals surface area contributed by atoms with Crippen LogP contribution in [0.4, 0.5) is 0 Å². The van der Waals surface area contributed by atoms with E-state index in [2.05, 4.69) is 20.0 Å². The lowest BCUT2D eigenvalue weighted by atomic mass is 10.2. The number of ether oxygens (including phenoxy) is 1. The predicted octanol–water partition coefficient (Wildman–Crippen LogP) is 0.779. The Kier molecular flexibility index (Phi) is 3.26. The molecule has 8 heteroatoms. The molecule has 0 bridgehead atoms. The molecule has 3 rings (SSSR count). The van der Waals surface area contributed by atoms with Crippen LogP contribution in [0.25, 0.3) is 0 Å². The molecule has 0 aliphatic carbocycles. The van der Waals surface area contributed by atoms with E-state index in [0.29, 0.717) is 11.5 Å². The van der Waals surface area contributed by atoms with E-state index in [9.17, 15) is 4.79 Å². The number of hydrogen-bond acceptors (Lipinski definition) is 7. The van der Waals surface area contributed by atoms with Gasteiger partial charge >= 0.3 is 0 Å². The zero-order valence-electron chi connectivity index (χ0n) is 10.7. The first-order chi connectivity index (χ1) is 10.1. The van der Waals surface area contributed by atoms with Crippen molar-refractivity contribution in [3.8, 4) is 5.75 Å². The Hall–Kier alpha value is -2.54. The van der Waals surface area contributed by atoms with Gasteiger partial charge in [0.15, 0.2) is 24.0 Å². The van der Waals surface area contributed by atoms with Crippen LogP contribution in [-0.2, 0) is 4.79 Å². The Morgan fingerprint density at radius 1 is 1.29 bits per heavy atom. The topological polar surface area (TPSA) is 102 Å². The molecule has 1 aromatic carbocycles. The Morgan fingerprint density at radius 3 is 2.81 bits per heavy atom. The maximum Gasteiger partial charge on any atom is 0.293 e. The average Bonchev–Trinajstić information content (AvgIpc) is 2.94. The van der Waals surface area contributed by atoms with Gasteiger partial charge < -0.3 is 10.5 Å². The molecule has 0 spiro atoms. The Labute approximate surface area is 124 Å². The number of hydrogen-bond donors (Lipinski definition) is 1. The molecule has 0 saturated heterocycles. The Balaban J connectivity index is 1.76. The highest BCUT2D eigenvalue weighted by atomic mass is 35.5. The van der Waals surface area contributed by atoms with Crippen LogP contribution < -0.4 is 10.5 Å². The third-order valence-electron chi connectivity index (χ3n) is 2.81. The van der Waals surface area contributed by atoms with Crippen LogP contribution >= 0.6 is 11.6 Å². The van der Waals surface area contributed by atoms with Crippen molar-refractivity contribution in [3.63, 3.8) is 0 Å². The van der Waals surface area contributed by atoms with Gasteiger partial charge in [-0.3, -0.25) is 4.79 Å². The molecule has 7 nitrogen and oxygen atoms in total. The van der Waals surface area contributed by atoms with E-state index < -0.39 is 10.9 Å². The van der Waals surface area contributed by atoms with Gasteiger partial charge in [-0.05, 0) is 12.1 Å². The van der Waals surface area contributed by atoms with Crippen LogP contribution in [0.3, 0.4) is 0 Å². The molecule has 2 aliphatic heterocycles. The van der Waals surface area contributed by atoms with Crippen molar-refractivity contribution in [1.29, 1.82) is 0 Å². The molecule has 1 unspecified atom stereocenters. The van der Waals surface area contributed by atoms with E-state index in [1.165, 1.54) is 6.34 Å². The minimum atomic E-state index is -1.85. The molecule has 21 heavy (non-hydrogen) atoms. The van der Waals surface area contributed by atoms with Crippen LogP contribution in [-0.4, -0.2) is 41.2 Å². The fourth-order valence-electron chi connectivity index (χ4n) is 1.78. The van der Waals surface area contributed by atoms with E-state index in [0.717, 1.165) is 0 Å². The lowest BCUT2D eigenvalue weighted by molar-refractivity contribution is -0.123. The SMILES string of the molecule is NC1=NC(Cl)(C(=O)COc2ccccc2)N=C2N=CN=C12. The van der Waals surface area contributed by atoms with Gasteiger partial charge in [-0.2, -0.15) is 0 Å². The third kappa shape index (κ3) is 2.55. The quantitative estimate of drug-likeness (QED) is 0.656. The van der Waals surface area contributed by atoms with E-state index >= 15 is 0 Å². The maximum atomic E-state index is 12.2. The fraction of sp³-hybridized carbons (Fsp3) is 0.154. The van der Waals surface area contributed by atoms with E-state index in [1.54, 1.807) is 24.3 Å². The number of benzene rings is 1. The van der Waals surface area contributed by atoms with E-state index in [-0.39, 0.29) is 18.3 Å². The number of nitrogens with two attached hydrogens (primary N) is 1. The van der Waals surface area contributed by atoms with Crippen molar-refractivity contribution in [2.24, 2.45) is 25.7 Å². The standard InChI is InChI=1S/C13H10ClN5O2/c14-13(9(20)6-21-8-4-2-1-3-5-8)18-11(15)10-12(19-13)17-7-16-10/h1-5,7H,6H2,(H2,15,18). The number of rotatable bonds is 4. The van der Waals surface area contributed by atoms with Crippen molar-refractivity contribution in [3.05, 3.63) is 30.3 Å². The molecule has 0 fully saturated rings. The largest absolute Gasteiger partial charge is 0.486 e. The summed E-state index contributed by atoms with van der Waals surface area (Å²) < 4.78 is 5.35. The lowest BCUT2D eigenvalue weighted by Crippen LogP contribution is -2.43. The van der Waals surface area contributed by atoms with Gasteiger partial charge in [-0.1, -0.05) is 29.8 Å². The van der Waals surface area contributed by atoms with Gasteiger partial charge in [-0.15, -0.1) is 0 Å². The molecule has 0 aromatic heterocycles. The molecule has 2 aliphatic rings. The zero-order chi connectivity index (χ0) is 14.9. The number of alkyl halides is 1. The fourth-order valence-corrected chi connectivity index (χ4v) is 2.01. The molecular formula is C13H10ClN5O2. The molecule has 0 radical (unpaired) electrons. The minimum absolute atomic E-state index is 0.0283. The van der Waals surface area contributed by atoms with Crippen LogP contribution in [0, 0.1) is 0 Å². The number of amidine groups is 2. The lowest BCUT2D eigenvalue weighted by Gasteiger charge is -2.21. The van der Waals surface area contributed by atoms with Gasteiger partial charge in [-0.25, -0.2) is 20.0 Å². The van der Waals surface area contributed by atoms with E-state index in [1.807, 2.05) is 6.07 Å². The highest BCUT2D eigenvalue weighted by Gasteiger charge is 2.41. The zero-order valence-corrected chi connectivity index (χ0v) is 11.5. The summed E-state index contributed by atoms with van der Waals surface area (Å²) in [5, 5.41) is -1.85. The summed E-state index contributed by atoms with van der Waals surface area (Å²) >= 11 is 6.14. The molecule has 0 saturated carbocycles. The van der Waals surface area contributed by atoms with Crippen molar-refractivity contribution in [1.82, 2.24) is 0 Å². The summed E-state index contributed by atoms with van der Waals surface area (Å²) in [5.74, 6) is 0.239. The second-order valence-electron chi connectivity index (χ2n) is 4.27. The van der Waals surface area contributed by atoms with Crippen LogP contribution in [0.2, 0.25) is 0 Å². The second-order valence-corrected chi connectivity index (χ2v) is 4.79. The Bertz CT molecular complexity index is 711. The molecule has 1 aromatic rings. The molecule has 106 valence electrons. The van der Waals surface area contributed by atoms with Crippen LogP contribution in [0.1, 0.15) is 0 Å². The Morgan fingerprint density at radius 2 is 2.05 bits per heavy atom. The van der Waals surface area contributed by atoms with Crippen molar-refractivity contribution < 1.29 is 9.53 Å². The van der Waals surface area contributed by atoms with Crippen LogP contribution in [0.5, 0.6) is 5.75 Å². The summed E-state index contributed by atoms with van der Waals surface area (Å²) in [5.41, 5.74) is 6.04. The number of carbonyl (C=O) groups is 1. The summed E-state index contributed by atoms with van der Waals surface area (Å²) in [6, 6.07) is 8.89. The molecule has 0 amide bonds. The number of para-hydroxylation sites is 1. The normalized spacial score (nSPS) is 23.0. The number of carbonyl (C=O) groups excluding carboxylic acids is 1. The first-order valence-corrected chi connectivity index (χ1v) is 6.42.